The Morgan fingerprint density at radius 3 is 2.88 bits per heavy atom. The van der Waals surface area contributed by atoms with Crippen LogP contribution in [0.4, 0.5) is 0 Å². The van der Waals surface area contributed by atoms with Gasteiger partial charge in [-0.05, 0) is 7.05 Å². The first-order valence-corrected chi connectivity index (χ1v) is 2.58. The zero-order valence-corrected chi connectivity index (χ0v) is 4.79. The molecule has 0 aliphatic carbocycles. The van der Waals surface area contributed by atoms with E-state index in [9.17, 15) is 0 Å². The van der Waals surface area contributed by atoms with Crippen LogP contribution in [-0.4, -0.2) is 36.7 Å². The largest absolute Gasteiger partial charge is 0.355 e. The van der Waals surface area contributed by atoms with Gasteiger partial charge in [0, 0.05) is 6.54 Å². The van der Waals surface area contributed by atoms with E-state index in [1.54, 1.807) is 12.1 Å². The van der Waals surface area contributed by atoms with Crippen LogP contribution in [0.5, 0.6) is 0 Å². The van der Waals surface area contributed by atoms with E-state index in [0.717, 1.165) is 6.54 Å². The average Bonchev–Trinajstić information content (AvgIpc) is 2.14. The van der Waals surface area contributed by atoms with Gasteiger partial charge in [0.2, 0.25) is 6.41 Å². The molecule has 1 aliphatic rings. The SMILES string of the molecule is CNN1CCOC1O. The van der Waals surface area contributed by atoms with Gasteiger partial charge in [-0.15, -0.1) is 0 Å². The molecule has 0 amide bonds. The summed E-state index contributed by atoms with van der Waals surface area (Å²) in [5, 5.41) is 10.4. The predicted molar refractivity (Wildman–Crippen MR) is 27.7 cm³/mol. The molecule has 1 unspecified atom stereocenters. The van der Waals surface area contributed by atoms with E-state index in [-0.39, 0.29) is 0 Å². The van der Waals surface area contributed by atoms with Gasteiger partial charge in [0.25, 0.3) is 0 Å². The van der Waals surface area contributed by atoms with E-state index in [2.05, 4.69) is 5.43 Å². The van der Waals surface area contributed by atoms with Gasteiger partial charge in [-0.1, -0.05) is 0 Å². The first-order chi connectivity index (χ1) is 3.84. The normalized spacial score (nSPS) is 31.5. The maximum atomic E-state index is 8.83. The standard InChI is InChI=1S/C4H10N2O2/c1-5-6-2-3-8-4(6)7/h4-5,7H,2-3H2,1H3. The number of aliphatic hydroxyl groups is 1. The summed E-state index contributed by atoms with van der Waals surface area (Å²) in [6.45, 7) is 1.35. The quantitative estimate of drug-likeness (QED) is 0.450. The molecule has 0 radical (unpaired) electrons. The lowest BCUT2D eigenvalue weighted by molar-refractivity contribution is -0.146. The smallest absolute Gasteiger partial charge is 0.229 e. The molecule has 1 aliphatic heterocycles. The molecule has 1 atom stereocenters. The average molecular weight is 118 g/mol. The van der Waals surface area contributed by atoms with Gasteiger partial charge in [-0.2, -0.15) is 5.01 Å². The molecule has 1 heterocycles. The highest BCUT2D eigenvalue weighted by molar-refractivity contribution is 4.53. The van der Waals surface area contributed by atoms with Crippen molar-refractivity contribution in [3.05, 3.63) is 0 Å². The minimum atomic E-state index is -0.750. The van der Waals surface area contributed by atoms with Crippen molar-refractivity contribution in [3.63, 3.8) is 0 Å². The summed E-state index contributed by atoms with van der Waals surface area (Å²) in [4.78, 5) is 0. The van der Waals surface area contributed by atoms with Crippen LogP contribution in [0.1, 0.15) is 0 Å². The number of hydrogen-bond donors (Lipinski definition) is 2. The first kappa shape index (κ1) is 5.97. The molecular formula is C4H10N2O2. The van der Waals surface area contributed by atoms with Crippen LogP contribution < -0.4 is 5.43 Å². The van der Waals surface area contributed by atoms with Crippen molar-refractivity contribution in [1.82, 2.24) is 10.4 Å². The first-order valence-electron chi connectivity index (χ1n) is 2.58. The molecule has 0 aromatic carbocycles. The van der Waals surface area contributed by atoms with Crippen LogP contribution in [0.15, 0.2) is 0 Å². The second-order valence-corrected chi connectivity index (χ2v) is 1.61. The van der Waals surface area contributed by atoms with Crippen LogP contribution in [0, 0.1) is 0 Å². The van der Waals surface area contributed by atoms with E-state index in [4.69, 9.17) is 9.84 Å². The number of rotatable bonds is 1. The molecule has 1 rings (SSSR count). The van der Waals surface area contributed by atoms with Crippen molar-refractivity contribution in [2.45, 2.75) is 6.41 Å². The number of nitrogens with zero attached hydrogens (tertiary/aromatic N) is 1. The van der Waals surface area contributed by atoms with Crippen LogP contribution in [0.2, 0.25) is 0 Å². The lowest BCUT2D eigenvalue weighted by Gasteiger charge is -2.14. The van der Waals surface area contributed by atoms with Gasteiger partial charge in [-0.3, -0.25) is 5.43 Å². The van der Waals surface area contributed by atoms with Crippen molar-refractivity contribution >= 4 is 0 Å². The summed E-state index contributed by atoms with van der Waals surface area (Å²) in [5.41, 5.74) is 2.77. The Morgan fingerprint density at radius 2 is 2.62 bits per heavy atom. The zero-order chi connectivity index (χ0) is 5.98. The van der Waals surface area contributed by atoms with E-state index in [1.165, 1.54) is 0 Å². The van der Waals surface area contributed by atoms with Gasteiger partial charge < -0.3 is 9.84 Å². The van der Waals surface area contributed by atoms with Gasteiger partial charge in [0.1, 0.15) is 0 Å². The van der Waals surface area contributed by atoms with E-state index in [1.807, 2.05) is 0 Å². The highest BCUT2D eigenvalue weighted by atomic mass is 16.6. The number of ether oxygens (including phenoxy) is 1. The monoisotopic (exact) mass is 118 g/mol. The molecule has 1 saturated heterocycles. The highest BCUT2D eigenvalue weighted by Gasteiger charge is 2.20. The number of nitrogens with one attached hydrogen (secondary N) is 1. The molecule has 0 bridgehead atoms. The molecule has 0 saturated carbocycles. The Balaban J connectivity index is 2.30. The molecule has 1 fully saturated rings. The van der Waals surface area contributed by atoms with Crippen LogP contribution in [0.3, 0.4) is 0 Å². The Hall–Kier alpha value is -0.160. The third-order valence-electron chi connectivity index (χ3n) is 1.15. The van der Waals surface area contributed by atoms with Crippen LogP contribution in [0.25, 0.3) is 0 Å². The van der Waals surface area contributed by atoms with Gasteiger partial charge in [0.05, 0.1) is 6.61 Å². The Bertz CT molecular complexity index is 78.4. The maximum absolute atomic E-state index is 8.83. The number of hydrazine groups is 1. The molecule has 0 aromatic rings. The van der Waals surface area contributed by atoms with Gasteiger partial charge >= 0.3 is 0 Å². The summed E-state index contributed by atoms with van der Waals surface area (Å²) in [5.74, 6) is 0. The third kappa shape index (κ3) is 0.976. The van der Waals surface area contributed by atoms with Gasteiger partial charge in [0.15, 0.2) is 0 Å². The fourth-order valence-electron chi connectivity index (χ4n) is 0.679. The summed E-state index contributed by atoms with van der Waals surface area (Å²) >= 11 is 0. The van der Waals surface area contributed by atoms with Crippen LogP contribution >= 0.6 is 0 Å². The zero-order valence-electron chi connectivity index (χ0n) is 4.79. The van der Waals surface area contributed by atoms with Crippen molar-refractivity contribution in [2.24, 2.45) is 0 Å². The van der Waals surface area contributed by atoms with Gasteiger partial charge in [-0.25, -0.2) is 0 Å². The van der Waals surface area contributed by atoms with Crippen molar-refractivity contribution in [1.29, 1.82) is 0 Å². The minimum Gasteiger partial charge on any atom is -0.355 e. The lowest BCUT2D eigenvalue weighted by Crippen LogP contribution is -2.39. The van der Waals surface area contributed by atoms with E-state index >= 15 is 0 Å². The molecular weight excluding hydrogens is 108 g/mol. The van der Waals surface area contributed by atoms with E-state index < -0.39 is 6.41 Å². The summed E-state index contributed by atoms with van der Waals surface area (Å²) in [7, 11) is 1.75. The fourth-order valence-corrected chi connectivity index (χ4v) is 0.679. The number of hydrogen-bond acceptors (Lipinski definition) is 4. The molecule has 2 N–H and O–H groups in total. The Morgan fingerprint density at radius 1 is 1.88 bits per heavy atom. The Labute approximate surface area is 48.0 Å². The van der Waals surface area contributed by atoms with Crippen LogP contribution in [-0.2, 0) is 4.74 Å². The van der Waals surface area contributed by atoms with Crippen molar-refractivity contribution in [2.75, 3.05) is 20.2 Å². The minimum absolute atomic E-state index is 0.599. The summed E-state index contributed by atoms with van der Waals surface area (Å²) in [6.07, 6.45) is -0.750. The predicted octanol–water partition coefficient (Wildman–Crippen LogP) is -1.27. The molecule has 0 aromatic heterocycles. The Kier molecular flexibility index (Phi) is 1.80. The second-order valence-electron chi connectivity index (χ2n) is 1.61. The fraction of sp³-hybridized carbons (Fsp3) is 1.00. The molecule has 48 valence electrons. The third-order valence-corrected chi connectivity index (χ3v) is 1.15. The maximum Gasteiger partial charge on any atom is 0.229 e. The van der Waals surface area contributed by atoms with Crippen molar-refractivity contribution < 1.29 is 9.84 Å². The molecule has 4 nitrogen and oxygen atoms in total. The molecule has 0 spiro atoms. The topological polar surface area (TPSA) is 44.7 Å². The molecule has 8 heavy (non-hydrogen) atoms. The summed E-state index contributed by atoms with van der Waals surface area (Å²) in [6, 6.07) is 0. The summed E-state index contributed by atoms with van der Waals surface area (Å²) < 4.78 is 4.78. The second kappa shape index (κ2) is 2.41. The lowest BCUT2D eigenvalue weighted by atomic mass is 10.7. The number of aliphatic hydroxyl groups excluding tert-OH is 1. The molecule has 4 heteroatoms. The van der Waals surface area contributed by atoms with E-state index in [0.29, 0.717) is 6.61 Å². The van der Waals surface area contributed by atoms with Crippen molar-refractivity contribution in [3.8, 4) is 0 Å². The highest BCUT2D eigenvalue weighted by Crippen LogP contribution is 2.00.